The number of likely N-dealkylation sites (tertiary alicyclic amines) is 1. The van der Waals surface area contributed by atoms with Crippen LogP contribution in [0.5, 0.6) is 0 Å². The fourth-order valence-corrected chi connectivity index (χ4v) is 3.87. The molecule has 1 N–H and O–H groups in total. The van der Waals surface area contributed by atoms with Crippen LogP contribution < -0.4 is 5.32 Å². The van der Waals surface area contributed by atoms with Gasteiger partial charge in [-0.2, -0.15) is 0 Å². The highest BCUT2D eigenvalue weighted by Gasteiger charge is 2.27. The first-order chi connectivity index (χ1) is 11.4. The molecular weight excluding hydrogens is 322 g/mol. The summed E-state index contributed by atoms with van der Waals surface area (Å²) in [7, 11) is 0. The number of hydrogen-bond acceptors (Lipinski definition) is 4. The predicted octanol–water partition coefficient (Wildman–Crippen LogP) is 2.82. The number of nitrogens with one attached hydrogen (secondary N) is 1. The average Bonchev–Trinajstić information content (AvgIpc) is 3.02. The van der Waals surface area contributed by atoms with Gasteiger partial charge in [-0.15, -0.1) is 11.3 Å². The summed E-state index contributed by atoms with van der Waals surface area (Å²) in [5, 5.41) is 6.14. The molecule has 5 nitrogen and oxygen atoms in total. The molecule has 0 radical (unpaired) electrons. The van der Waals surface area contributed by atoms with Gasteiger partial charge in [0.15, 0.2) is 0 Å². The van der Waals surface area contributed by atoms with Crippen LogP contribution in [0.2, 0.25) is 0 Å². The molecule has 2 heterocycles. The summed E-state index contributed by atoms with van der Waals surface area (Å²) in [5.41, 5.74) is 1.03. The molecule has 1 aromatic heterocycles. The molecule has 1 fully saturated rings. The Kier molecular flexibility index (Phi) is 6.78. The van der Waals surface area contributed by atoms with Crippen molar-refractivity contribution in [2.75, 3.05) is 19.6 Å². The Morgan fingerprint density at radius 3 is 2.75 bits per heavy atom. The zero-order valence-electron chi connectivity index (χ0n) is 15.2. The number of aromatic nitrogens is 1. The van der Waals surface area contributed by atoms with Gasteiger partial charge in [0.05, 0.1) is 10.7 Å². The average molecular weight is 352 g/mol. The van der Waals surface area contributed by atoms with Gasteiger partial charge in [-0.1, -0.05) is 27.7 Å². The summed E-state index contributed by atoms with van der Waals surface area (Å²) in [6.45, 7) is 9.98. The Morgan fingerprint density at radius 2 is 2.08 bits per heavy atom. The van der Waals surface area contributed by atoms with Crippen LogP contribution in [0.25, 0.3) is 0 Å². The Balaban J connectivity index is 1.88. The van der Waals surface area contributed by atoms with Crippen LogP contribution in [0.4, 0.5) is 0 Å². The van der Waals surface area contributed by atoms with Gasteiger partial charge in [0.2, 0.25) is 11.8 Å². The van der Waals surface area contributed by atoms with Crippen LogP contribution >= 0.6 is 11.3 Å². The third-order valence-electron chi connectivity index (χ3n) is 4.35. The first-order valence-electron chi connectivity index (χ1n) is 8.89. The molecule has 1 aromatic rings. The standard InChI is InChI=1S/C18H29N3O2S/c1-12(2)16(22)19-8-7-15-11-24-17(20-15)14-6-5-9-21(10-14)18(23)13(3)4/h11-14H,5-10H2,1-4H3,(H,19,22)/t14-/m1/s1. The van der Waals surface area contributed by atoms with Crippen molar-refractivity contribution >= 4 is 23.2 Å². The third-order valence-corrected chi connectivity index (χ3v) is 5.41. The lowest BCUT2D eigenvalue weighted by molar-refractivity contribution is -0.135. The largest absolute Gasteiger partial charge is 0.355 e. The molecule has 0 saturated carbocycles. The number of rotatable bonds is 6. The number of carbonyl (C=O) groups is 2. The molecule has 0 unspecified atom stereocenters. The molecule has 0 aliphatic carbocycles. The maximum atomic E-state index is 12.2. The van der Waals surface area contributed by atoms with Gasteiger partial charge in [-0.25, -0.2) is 4.98 Å². The fourth-order valence-electron chi connectivity index (χ4n) is 2.89. The van der Waals surface area contributed by atoms with E-state index in [1.807, 2.05) is 32.6 Å². The summed E-state index contributed by atoms with van der Waals surface area (Å²) in [6.07, 6.45) is 2.90. The van der Waals surface area contributed by atoms with Crippen LogP contribution in [-0.4, -0.2) is 41.3 Å². The highest BCUT2D eigenvalue weighted by atomic mass is 32.1. The molecule has 1 saturated heterocycles. The van der Waals surface area contributed by atoms with Crippen LogP contribution in [0.15, 0.2) is 5.38 Å². The van der Waals surface area contributed by atoms with Gasteiger partial charge in [-0.3, -0.25) is 9.59 Å². The van der Waals surface area contributed by atoms with Crippen molar-refractivity contribution in [1.82, 2.24) is 15.2 Å². The monoisotopic (exact) mass is 351 g/mol. The first kappa shape index (κ1) is 18.9. The van der Waals surface area contributed by atoms with E-state index < -0.39 is 0 Å². The highest BCUT2D eigenvalue weighted by molar-refractivity contribution is 7.09. The van der Waals surface area contributed by atoms with Crippen molar-refractivity contribution < 1.29 is 9.59 Å². The van der Waals surface area contributed by atoms with Crippen molar-refractivity contribution in [2.45, 2.75) is 52.9 Å². The predicted molar refractivity (Wildman–Crippen MR) is 97.1 cm³/mol. The lowest BCUT2D eigenvalue weighted by atomic mass is 9.97. The molecule has 6 heteroatoms. The normalized spacial score (nSPS) is 18.2. The lowest BCUT2D eigenvalue weighted by Gasteiger charge is -2.33. The van der Waals surface area contributed by atoms with Gasteiger partial charge in [-0.05, 0) is 12.8 Å². The van der Waals surface area contributed by atoms with Gasteiger partial charge < -0.3 is 10.2 Å². The van der Waals surface area contributed by atoms with Crippen LogP contribution in [0.1, 0.15) is 57.2 Å². The molecule has 2 amide bonds. The van der Waals surface area contributed by atoms with Crippen molar-refractivity contribution in [3.8, 4) is 0 Å². The van der Waals surface area contributed by atoms with E-state index >= 15 is 0 Å². The zero-order valence-corrected chi connectivity index (χ0v) is 16.0. The SMILES string of the molecule is CC(C)C(=O)NCCc1csc([C@@H]2CCCN(C(=O)C(C)C)C2)n1. The van der Waals surface area contributed by atoms with E-state index in [0.717, 1.165) is 43.1 Å². The molecule has 1 aliphatic rings. The van der Waals surface area contributed by atoms with Gasteiger partial charge in [0.1, 0.15) is 0 Å². The maximum Gasteiger partial charge on any atom is 0.225 e. The number of piperidine rings is 1. The van der Waals surface area contributed by atoms with Crippen LogP contribution in [-0.2, 0) is 16.0 Å². The summed E-state index contributed by atoms with van der Waals surface area (Å²) in [6, 6.07) is 0. The third kappa shape index (κ3) is 5.03. The van der Waals surface area contributed by atoms with Crippen molar-refractivity contribution in [3.63, 3.8) is 0 Å². The molecule has 134 valence electrons. The minimum Gasteiger partial charge on any atom is -0.355 e. The second-order valence-electron chi connectivity index (χ2n) is 7.15. The lowest BCUT2D eigenvalue weighted by Crippen LogP contribution is -2.41. The second kappa shape index (κ2) is 8.60. The van der Waals surface area contributed by atoms with Crippen molar-refractivity contribution in [2.24, 2.45) is 11.8 Å². The molecule has 1 atom stereocenters. The molecule has 0 bridgehead atoms. The fraction of sp³-hybridized carbons (Fsp3) is 0.722. The summed E-state index contributed by atoms with van der Waals surface area (Å²) < 4.78 is 0. The number of carbonyl (C=O) groups excluding carboxylic acids is 2. The van der Waals surface area contributed by atoms with Crippen LogP contribution in [0.3, 0.4) is 0 Å². The van der Waals surface area contributed by atoms with Crippen molar-refractivity contribution in [3.05, 3.63) is 16.1 Å². The Bertz CT molecular complexity index is 568. The Morgan fingerprint density at radius 1 is 1.33 bits per heavy atom. The quantitative estimate of drug-likeness (QED) is 0.857. The zero-order chi connectivity index (χ0) is 17.7. The van der Waals surface area contributed by atoms with Gasteiger partial charge in [0, 0.05) is 49.2 Å². The molecule has 1 aliphatic heterocycles. The van der Waals surface area contributed by atoms with Gasteiger partial charge in [0.25, 0.3) is 0 Å². The topological polar surface area (TPSA) is 62.3 Å². The maximum absolute atomic E-state index is 12.2. The molecule has 24 heavy (non-hydrogen) atoms. The minimum atomic E-state index is 0.0164. The Labute approximate surface area is 148 Å². The van der Waals surface area contributed by atoms with E-state index in [2.05, 4.69) is 10.7 Å². The van der Waals surface area contributed by atoms with Crippen LogP contribution in [0, 0.1) is 11.8 Å². The Hall–Kier alpha value is -1.43. The molecule has 0 aromatic carbocycles. The van der Waals surface area contributed by atoms with Crippen molar-refractivity contribution in [1.29, 1.82) is 0 Å². The second-order valence-corrected chi connectivity index (χ2v) is 8.04. The number of hydrogen-bond donors (Lipinski definition) is 1. The van der Waals surface area contributed by atoms with E-state index in [1.165, 1.54) is 0 Å². The minimum absolute atomic E-state index is 0.0164. The van der Waals surface area contributed by atoms with E-state index in [4.69, 9.17) is 4.98 Å². The highest BCUT2D eigenvalue weighted by Crippen LogP contribution is 2.30. The van der Waals surface area contributed by atoms with Gasteiger partial charge >= 0.3 is 0 Å². The summed E-state index contributed by atoms with van der Waals surface area (Å²) in [5.74, 6) is 0.752. The molecule has 0 spiro atoms. The molecular formula is C18H29N3O2S. The molecule has 2 rings (SSSR count). The smallest absolute Gasteiger partial charge is 0.225 e. The first-order valence-corrected chi connectivity index (χ1v) is 9.77. The summed E-state index contributed by atoms with van der Waals surface area (Å²) >= 11 is 1.68. The van der Waals surface area contributed by atoms with E-state index in [-0.39, 0.29) is 23.7 Å². The number of nitrogens with zero attached hydrogens (tertiary/aromatic N) is 2. The van der Waals surface area contributed by atoms with E-state index in [9.17, 15) is 9.59 Å². The van der Waals surface area contributed by atoms with E-state index in [1.54, 1.807) is 11.3 Å². The van der Waals surface area contributed by atoms with E-state index in [0.29, 0.717) is 12.5 Å². The number of thiazole rings is 1. The number of amides is 2. The summed E-state index contributed by atoms with van der Waals surface area (Å²) in [4.78, 5) is 30.5.